The first-order chi connectivity index (χ1) is 23.4. The van der Waals surface area contributed by atoms with Gasteiger partial charge in [0.15, 0.2) is 0 Å². The van der Waals surface area contributed by atoms with E-state index in [1.54, 1.807) is 62.2 Å². The number of nitrogens with one attached hydrogen (secondary N) is 2. The molecule has 2 aromatic carbocycles. The zero-order valence-electron chi connectivity index (χ0n) is 27.4. The van der Waals surface area contributed by atoms with Gasteiger partial charge in [0, 0.05) is 44.7 Å². The Bertz CT molecular complexity index is 1860. The quantitative estimate of drug-likeness (QED) is 0.115. The molecule has 5 rings (SSSR count). The minimum Gasteiger partial charge on any atom is -0.495 e. The molecule has 0 atom stereocenters. The third-order valence-electron chi connectivity index (χ3n) is 7.65. The first-order valence-electron chi connectivity index (χ1n) is 15.5. The highest BCUT2D eigenvalue weighted by atomic mass is 31.2. The summed E-state index contributed by atoms with van der Waals surface area (Å²) in [5.41, 5.74) is 2.22. The van der Waals surface area contributed by atoms with Crippen LogP contribution in [0.25, 0.3) is 11.1 Å². The van der Waals surface area contributed by atoms with E-state index in [-0.39, 0.29) is 61.4 Å². The van der Waals surface area contributed by atoms with Crippen LogP contribution in [0, 0.1) is 0 Å². The van der Waals surface area contributed by atoms with Crippen LogP contribution in [0.1, 0.15) is 47.3 Å². The summed E-state index contributed by atoms with van der Waals surface area (Å²) in [5.74, 6) is -0.820. The molecule has 0 saturated carbocycles. The van der Waals surface area contributed by atoms with Crippen LogP contribution in [0.2, 0.25) is 0 Å². The maximum Gasteiger partial charge on any atom is 0.421 e. The largest absolute Gasteiger partial charge is 0.495 e. The third kappa shape index (κ3) is 8.05. The zero-order valence-corrected chi connectivity index (χ0v) is 28.3. The molecule has 3 heterocycles. The van der Waals surface area contributed by atoms with E-state index in [4.69, 9.17) is 18.9 Å². The van der Waals surface area contributed by atoms with Crippen LogP contribution in [0.3, 0.4) is 0 Å². The lowest BCUT2D eigenvalue weighted by atomic mass is 9.97. The van der Waals surface area contributed by atoms with Gasteiger partial charge >= 0.3 is 13.8 Å². The Balaban J connectivity index is 1.47. The first-order valence-corrected chi connectivity index (χ1v) is 17.2. The van der Waals surface area contributed by atoms with Crippen molar-refractivity contribution in [3.8, 4) is 16.9 Å². The minimum atomic E-state index is -4.82. The Morgan fingerprint density at radius 1 is 1.06 bits per heavy atom. The first kappa shape index (κ1) is 35.8. The number of benzene rings is 2. The van der Waals surface area contributed by atoms with Gasteiger partial charge in [0.05, 0.1) is 49.6 Å². The van der Waals surface area contributed by atoms with Crippen LogP contribution >= 0.6 is 7.60 Å². The normalized spacial score (nSPS) is 13.1. The smallest absolute Gasteiger partial charge is 0.421 e. The fourth-order valence-corrected chi connectivity index (χ4v) is 7.15. The molecular formula is C32H37F3N7O6P. The molecule has 4 aromatic rings. The van der Waals surface area contributed by atoms with Gasteiger partial charge in [-0.3, -0.25) is 14.0 Å². The van der Waals surface area contributed by atoms with Crippen molar-refractivity contribution in [1.82, 2.24) is 24.6 Å². The van der Waals surface area contributed by atoms with Crippen LogP contribution in [-0.4, -0.2) is 69.6 Å². The number of hydrogen-bond acceptors (Lipinski definition) is 11. The van der Waals surface area contributed by atoms with E-state index < -0.39 is 25.2 Å². The Morgan fingerprint density at radius 3 is 2.47 bits per heavy atom. The van der Waals surface area contributed by atoms with Gasteiger partial charge in [0.25, 0.3) is 5.91 Å². The van der Waals surface area contributed by atoms with Crippen molar-refractivity contribution in [2.45, 2.75) is 45.7 Å². The standard InChI is InChI=1S/C32H37F3N7O6P/c1-5-47-49(45,48-6-2)19-20-8-10-25(27(14-20)46-4)39-31-36-16-24(32(33,34)35)29(40-31)38-26-11-9-22(23-18-41(3)30(44)28(23)26)21-15-37-42(17-21)12-7-13-43/h8-11,14-17,43H,5-7,12-13,18-19H2,1-4H3,(H2,36,38,39,40). The summed E-state index contributed by atoms with van der Waals surface area (Å²) in [6.07, 6.45) is -0.220. The van der Waals surface area contributed by atoms with Gasteiger partial charge in [-0.2, -0.15) is 23.3 Å². The molecule has 1 amide bonds. The number of alkyl halides is 3. The van der Waals surface area contributed by atoms with E-state index in [2.05, 4.69) is 25.7 Å². The van der Waals surface area contributed by atoms with Crippen LogP contribution in [-0.2, 0) is 39.0 Å². The number of methoxy groups -OCH3 is 1. The molecule has 49 heavy (non-hydrogen) atoms. The number of hydrogen-bond donors (Lipinski definition) is 3. The predicted octanol–water partition coefficient (Wildman–Crippen LogP) is 6.59. The summed E-state index contributed by atoms with van der Waals surface area (Å²) in [4.78, 5) is 22.9. The maximum absolute atomic E-state index is 14.2. The second-order valence-corrected chi connectivity index (χ2v) is 13.1. The summed E-state index contributed by atoms with van der Waals surface area (Å²) in [7, 11) is -0.387. The van der Waals surface area contributed by atoms with E-state index in [9.17, 15) is 22.5 Å². The average molecular weight is 704 g/mol. The second kappa shape index (κ2) is 14.9. The van der Waals surface area contributed by atoms with Crippen molar-refractivity contribution in [2.75, 3.05) is 44.6 Å². The van der Waals surface area contributed by atoms with E-state index >= 15 is 0 Å². The van der Waals surface area contributed by atoms with E-state index in [1.807, 2.05) is 0 Å². The number of amides is 1. The van der Waals surface area contributed by atoms with Gasteiger partial charge in [-0.1, -0.05) is 12.1 Å². The van der Waals surface area contributed by atoms with Gasteiger partial charge in [-0.05, 0) is 55.2 Å². The molecule has 2 aromatic heterocycles. The molecule has 17 heteroatoms. The predicted molar refractivity (Wildman–Crippen MR) is 176 cm³/mol. The monoisotopic (exact) mass is 703 g/mol. The van der Waals surface area contributed by atoms with E-state index in [0.717, 1.165) is 5.56 Å². The highest BCUT2D eigenvalue weighted by Gasteiger charge is 2.37. The number of halogens is 3. The number of nitrogens with zero attached hydrogens (tertiary/aromatic N) is 5. The summed E-state index contributed by atoms with van der Waals surface area (Å²) in [6, 6.07) is 8.12. The molecule has 262 valence electrons. The van der Waals surface area contributed by atoms with Crippen LogP contribution in [0.15, 0.2) is 48.9 Å². The Morgan fingerprint density at radius 2 is 1.80 bits per heavy atom. The van der Waals surface area contributed by atoms with Crippen molar-refractivity contribution >= 4 is 36.6 Å². The van der Waals surface area contributed by atoms with Gasteiger partial charge in [0.1, 0.15) is 17.1 Å². The number of rotatable bonds is 15. The van der Waals surface area contributed by atoms with Crippen molar-refractivity contribution in [3.63, 3.8) is 0 Å². The number of fused-ring (bicyclic) bond motifs is 1. The molecule has 0 unspecified atom stereocenters. The third-order valence-corrected chi connectivity index (χ3v) is 9.70. The lowest BCUT2D eigenvalue weighted by molar-refractivity contribution is -0.137. The van der Waals surface area contributed by atoms with Crippen molar-refractivity contribution < 1.29 is 41.4 Å². The number of carbonyl (C=O) groups is 1. The number of aliphatic hydroxyl groups excluding tert-OH is 1. The summed E-state index contributed by atoms with van der Waals surface area (Å²) >= 11 is 0. The van der Waals surface area contributed by atoms with Crippen LogP contribution in [0.5, 0.6) is 5.75 Å². The van der Waals surface area contributed by atoms with E-state index in [0.29, 0.717) is 41.5 Å². The molecule has 0 aliphatic carbocycles. The number of aryl methyl sites for hydroxylation is 1. The number of carbonyl (C=O) groups excluding carboxylic acids is 1. The SMILES string of the molecule is CCOP(=O)(Cc1ccc(Nc2ncc(C(F)(F)F)c(Nc3ccc(-c4cnn(CCCO)c4)c4c3C(=O)N(C)C4)n2)c(OC)c1)OCC. The zero-order chi connectivity index (χ0) is 35.3. The molecule has 1 aliphatic rings. The molecule has 1 aliphatic heterocycles. The molecule has 3 N–H and O–H groups in total. The highest BCUT2D eigenvalue weighted by Crippen LogP contribution is 2.52. The van der Waals surface area contributed by atoms with Crippen LogP contribution < -0.4 is 15.4 Å². The second-order valence-electron chi connectivity index (χ2n) is 11.1. The average Bonchev–Trinajstić information content (AvgIpc) is 3.64. The number of aliphatic hydroxyl groups is 1. The fraction of sp³-hybridized carbons (Fsp3) is 0.375. The lowest BCUT2D eigenvalue weighted by Gasteiger charge is -2.19. The van der Waals surface area contributed by atoms with Gasteiger partial charge in [-0.15, -0.1) is 0 Å². The number of ether oxygens (including phenoxy) is 1. The topological polar surface area (TPSA) is 153 Å². The molecule has 0 fully saturated rings. The molecule has 13 nitrogen and oxygen atoms in total. The lowest BCUT2D eigenvalue weighted by Crippen LogP contribution is -2.18. The number of anilines is 4. The molecule has 0 saturated heterocycles. The summed E-state index contributed by atoms with van der Waals surface area (Å²) in [5, 5.41) is 19.1. The number of aromatic nitrogens is 4. The molecule has 0 spiro atoms. The maximum atomic E-state index is 14.2. The Hall–Kier alpha value is -4.50. The molecule has 0 radical (unpaired) electrons. The summed E-state index contributed by atoms with van der Waals surface area (Å²) in [6.45, 7) is 4.58. The van der Waals surface area contributed by atoms with Gasteiger partial charge in [-0.25, -0.2) is 4.98 Å². The fourth-order valence-electron chi connectivity index (χ4n) is 5.46. The Labute approximate surface area is 281 Å². The minimum absolute atomic E-state index is 0.0122. The van der Waals surface area contributed by atoms with Crippen molar-refractivity contribution in [3.05, 3.63) is 71.2 Å². The van der Waals surface area contributed by atoms with Gasteiger partial charge < -0.3 is 34.4 Å². The molecule has 0 bridgehead atoms. The van der Waals surface area contributed by atoms with Crippen molar-refractivity contribution in [2.24, 2.45) is 0 Å². The van der Waals surface area contributed by atoms with Gasteiger partial charge in [0.2, 0.25) is 5.95 Å². The molecular weight excluding hydrogens is 666 g/mol. The van der Waals surface area contributed by atoms with Crippen LogP contribution in [0.4, 0.5) is 36.3 Å². The van der Waals surface area contributed by atoms with Crippen molar-refractivity contribution in [1.29, 1.82) is 0 Å². The van der Waals surface area contributed by atoms with E-state index in [1.165, 1.54) is 18.1 Å². The highest BCUT2D eigenvalue weighted by molar-refractivity contribution is 7.53. The Kier molecular flexibility index (Phi) is 10.9. The summed E-state index contributed by atoms with van der Waals surface area (Å²) < 4.78 is 73.6.